The van der Waals surface area contributed by atoms with Crippen LogP contribution in [0.5, 0.6) is 5.75 Å². The van der Waals surface area contributed by atoms with Gasteiger partial charge in [0.05, 0.1) is 0 Å². The van der Waals surface area contributed by atoms with Crippen molar-refractivity contribution in [3.8, 4) is 5.75 Å². The Kier molecular flexibility index (Phi) is 7.59. The summed E-state index contributed by atoms with van der Waals surface area (Å²) in [6.45, 7) is 8.36. The van der Waals surface area contributed by atoms with Crippen LogP contribution in [0.3, 0.4) is 0 Å². The molecule has 5 nitrogen and oxygen atoms in total. The molecule has 1 unspecified atom stereocenters. The fourth-order valence-corrected chi connectivity index (χ4v) is 2.10. The first-order valence-electron chi connectivity index (χ1n) is 8.08. The van der Waals surface area contributed by atoms with Gasteiger partial charge in [-0.15, -0.1) is 0 Å². The number of carbonyl (C=O) groups is 2. The van der Waals surface area contributed by atoms with Crippen molar-refractivity contribution in [2.75, 3.05) is 6.54 Å². The molecule has 1 rings (SSSR count). The normalized spacial score (nSPS) is 12.0. The highest BCUT2D eigenvalue weighted by atomic mass is 16.5. The largest absolute Gasteiger partial charge is 0.481 e. The lowest BCUT2D eigenvalue weighted by Gasteiger charge is -2.18. The zero-order chi connectivity index (χ0) is 17.4. The number of amides is 1. The third-order valence-electron chi connectivity index (χ3n) is 3.67. The quantitative estimate of drug-likeness (QED) is 0.685. The highest BCUT2D eigenvalue weighted by molar-refractivity contribution is 5.80. The van der Waals surface area contributed by atoms with Gasteiger partial charge in [-0.05, 0) is 49.8 Å². The summed E-state index contributed by atoms with van der Waals surface area (Å²) in [6.07, 6.45) is 0.742. The minimum atomic E-state index is -0.812. The van der Waals surface area contributed by atoms with E-state index in [0.717, 1.165) is 11.3 Å². The Hall–Kier alpha value is -2.04. The number of rotatable bonds is 9. The van der Waals surface area contributed by atoms with E-state index in [9.17, 15) is 9.59 Å². The second-order valence-corrected chi connectivity index (χ2v) is 6.08. The van der Waals surface area contributed by atoms with Crippen molar-refractivity contribution in [3.05, 3.63) is 29.3 Å². The summed E-state index contributed by atoms with van der Waals surface area (Å²) >= 11 is 0. The molecule has 1 atom stereocenters. The molecular weight excluding hydrogens is 294 g/mol. The maximum absolute atomic E-state index is 12.0. The summed E-state index contributed by atoms with van der Waals surface area (Å²) in [5, 5.41) is 11.3. The van der Waals surface area contributed by atoms with Crippen LogP contribution < -0.4 is 10.1 Å². The summed E-state index contributed by atoms with van der Waals surface area (Å²) in [4.78, 5) is 22.4. The maximum atomic E-state index is 12.0. The Labute approximate surface area is 138 Å². The van der Waals surface area contributed by atoms with Crippen molar-refractivity contribution >= 4 is 11.9 Å². The number of aliphatic carboxylic acids is 1. The Morgan fingerprint density at radius 2 is 1.91 bits per heavy atom. The van der Waals surface area contributed by atoms with Gasteiger partial charge in [0.25, 0.3) is 5.91 Å². The average Bonchev–Trinajstić information content (AvgIpc) is 2.48. The van der Waals surface area contributed by atoms with E-state index >= 15 is 0 Å². The molecule has 0 aliphatic rings. The number of aryl methyl sites for hydroxylation is 1. The number of carboxylic acids is 1. The minimum absolute atomic E-state index is 0.128. The Bertz CT molecular complexity index is 540. The molecule has 0 radical (unpaired) electrons. The van der Waals surface area contributed by atoms with E-state index in [1.807, 2.05) is 19.1 Å². The average molecular weight is 321 g/mol. The number of ether oxygens (including phenoxy) is 1. The van der Waals surface area contributed by atoms with Crippen LogP contribution in [0, 0.1) is 6.92 Å². The van der Waals surface area contributed by atoms with E-state index in [1.165, 1.54) is 5.56 Å². The number of carbonyl (C=O) groups excluding carboxylic acids is 1. The summed E-state index contributed by atoms with van der Waals surface area (Å²) in [7, 11) is 0. The van der Waals surface area contributed by atoms with E-state index in [4.69, 9.17) is 9.84 Å². The molecule has 1 amide bonds. The summed E-state index contributed by atoms with van der Waals surface area (Å²) in [5.74, 6) is 0.129. The number of hydrogen-bond donors (Lipinski definition) is 2. The van der Waals surface area contributed by atoms with Gasteiger partial charge in [-0.25, -0.2) is 0 Å². The smallest absolute Gasteiger partial charge is 0.303 e. The first kappa shape index (κ1) is 19.0. The molecule has 0 saturated heterocycles. The molecule has 23 heavy (non-hydrogen) atoms. The van der Waals surface area contributed by atoms with Gasteiger partial charge in [-0.1, -0.05) is 26.0 Å². The molecule has 1 aromatic rings. The van der Waals surface area contributed by atoms with Gasteiger partial charge in [0.2, 0.25) is 0 Å². The molecule has 0 bridgehead atoms. The van der Waals surface area contributed by atoms with Crippen LogP contribution in [0.2, 0.25) is 0 Å². The zero-order valence-corrected chi connectivity index (χ0v) is 14.4. The Morgan fingerprint density at radius 1 is 1.22 bits per heavy atom. The predicted octanol–water partition coefficient (Wildman–Crippen LogP) is 3.26. The Morgan fingerprint density at radius 3 is 2.52 bits per heavy atom. The van der Waals surface area contributed by atoms with Gasteiger partial charge >= 0.3 is 5.97 Å². The summed E-state index contributed by atoms with van der Waals surface area (Å²) in [6, 6.07) is 6.05. The molecule has 0 heterocycles. The fraction of sp³-hybridized carbons (Fsp3) is 0.556. The second kappa shape index (κ2) is 9.18. The molecule has 0 aliphatic heterocycles. The predicted molar refractivity (Wildman–Crippen MR) is 89.9 cm³/mol. The highest BCUT2D eigenvalue weighted by Crippen LogP contribution is 2.25. The second-order valence-electron chi connectivity index (χ2n) is 6.08. The van der Waals surface area contributed by atoms with Gasteiger partial charge in [-0.2, -0.15) is 0 Å². The molecule has 0 fully saturated rings. The van der Waals surface area contributed by atoms with E-state index in [0.29, 0.717) is 25.3 Å². The first-order valence-corrected chi connectivity index (χ1v) is 8.08. The standard InChI is InChI=1S/C18H27NO4/c1-12(2)15-9-8-13(3)16(11-15)23-14(4)18(22)19-10-6-5-7-17(20)21/h8-9,11-12,14H,5-7,10H2,1-4H3,(H,19,22)(H,20,21). The lowest BCUT2D eigenvalue weighted by molar-refractivity contribution is -0.137. The van der Waals surface area contributed by atoms with Crippen molar-refractivity contribution in [2.24, 2.45) is 0 Å². The highest BCUT2D eigenvalue weighted by Gasteiger charge is 2.15. The molecule has 128 valence electrons. The summed E-state index contributed by atoms with van der Waals surface area (Å²) in [5.41, 5.74) is 2.17. The molecule has 2 N–H and O–H groups in total. The third kappa shape index (κ3) is 6.72. The monoisotopic (exact) mass is 321 g/mol. The van der Waals surface area contributed by atoms with E-state index in [-0.39, 0.29) is 12.3 Å². The van der Waals surface area contributed by atoms with Gasteiger partial charge in [0.15, 0.2) is 6.10 Å². The lowest BCUT2D eigenvalue weighted by Crippen LogP contribution is -2.37. The van der Waals surface area contributed by atoms with Crippen LogP contribution in [0.4, 0.5) is 0 Å². The number of benzene rings is 1. The van der Waals surface area contributed by atoms with Crippen molar-refractivity contribution in [1.29, 1.82) is 0 Å². The van der Waals surface area contributed by atoms with Crippen molar-refractivity contribution in [3.63, 3.8) is 0 Å². The molecule has 0 saturated carbocycles. The van der Waals surface area contributed by atoms with Crippen LogP contribution in [0.15, 0.2) is 18.2 Å². The Balaban J connectivity index is 2.48. The molecular formula is C18H27NO4. The van der Waals surface area contributed by atoms with Gasteiger partial charge in [0.1, 0.15) is 5.75 Å². The number of hydrogen-bond acceptors (Lipinski definition) is 3. The van der Waals surface area contributed by atoms with Crippen molar-refractivity contribution in [2.45, 2.75) is 59.0 Å². The third-order valence-corrected chi connectivity index (χ3v) is 3.67. The molecule has 0 spiro atoms. The number of unbranched alkanes of at least 4 members (excludes halogenated alkanes) is 1. The molecule has 1 aromatic carbocycles. The van der Waals surface area contributed by atoms with Gasteiger partial charge < -0.3 is 15.2 Å². The van der Waals surface area contributed by atoms with E-state index in [1.54, 1.807) is 6.92 Å². The van der Waals surface area contributed by atoms with Gasteiger partial charge in [-0.3, -0.25) is 9.59 Å². The number of carboxylic acid groups (broad SMARTS) is 1. The van der Waals surface area contributed by atoms with Crippen LogP contribution in [-0.4, -0.2) is 29.6 Å². The molecule has 0 aliphatic carbocycles. The van der Waals surface area contributed by atoms with Crippen LogP contribution in [-0.2, 0) is 9.59 Å². The molecule has 5 heteroatoms. The van der Waals surface area contributed by atoms with E-state index < -0.39 is 12.1 Å². The van der Waals surface area contributed by atoms with Crippen molar-refractivity contribution in [1.82, 2.24) is 5.32 Å². The van der Waals surface area contributed by atoms with Gasteiger partial charge in [0, 0.05) is 13.0 Å². The zero-order valence-electron chi connectivity index (χ0n) is 14.4. The maximum Gasteiger partial charge on any atom is 0.303 e. The topological polar surface area (TPSA) is 75.6 Å². The van der Waals surface area contributed by atoms with Crippen LogP contribution in [0.1, 0.15) is 57.1 Å². The SMILES string of the molecule is Cc1ccc(C(C)C)cc1OC(C)C(=O)NCCCCC(=O)O. The van der Waals surface area contributed by atoms with Crippen LogP contribution >= 0.6 is 0 Å². The summed E-state index contributed by atoms with van der Waals surface area (Å²) < 4.78 is 5.79. The van der Waals surface area contributed by atoms with Crippen molar-refractivity contribution < 1.29 is 19.4 Å². The lowest BCUT2D eigenvalue weighted by atomic mass is 10.0. The first-order chi connectivity index (χ1) is 10.8. The fourth-order valence-electron chi connectivity index (χ4n) is 2.10. The minimum Gasteiger partial charge on any atom is -0.481 e. The van der Waals surface area contributed by atoms with Crippen LogP contribution in [0.25, 0.3) is 0 Å². The molecule has 0 aromatic heterocycles. The number of nitrogens with one attached hydrogen (secondary N) is 1. The van der Waals surface area contributed by atoms with E-state index in [2.05, 4.69) is 25.2 Å².